The van der Waals surface area contributed by atoms with E-state index in [1.807, 2.05) is 4.90 Å². The molecule has 4 aliphatic rings. The number of esters is 2. The average molecular weight is 1780 g/mol. The molecule has 0 spiro atoms. The number of unbranched alkanes of at least 4 members (excludes halogenated alkanes) is 14. The van der Waals surface area contributed by atoms with Gasteiger partial charge in [0, 0.05) is 147 Å². The van der Waals surface area contributed by atoms with Crippen LogP contribution >= 0.6 is 21.6 Å². The number of aliphatic hydroxyl groups excluding tert-OH is 9. The molecular formula is C88H156N4O28S2. The quantitative estimate of drug-likeness (QED) is 0.0158. The SMILES string of the molecule is COC[C@H]1C[C@H](OC)CN1C(=O)CCCCC(=O)CCCSSCCC(=O)CC(CCCCC(=O)NCCCCCCCC(=O)CCCOC1OC(CO)C(O)C(O)C1C)(CCCOC(=O)CCCCCCCNC(=O)CCCOC1OC(CO)C(O)C(O)C1C)CCCOC(=O)CCCCCCCNC(=O)CCCOC1OC(CO)C(O)C(O)C1C. The summed E-state index contributed by atoms with van der Waals surface area (Å²) in [5.41, 5.74) is -0.560. The molecule has 0 aromatic rings. The van der Waals surface area contributed by atoms with Crippen LogP contribution in [0.5, 0.6) is 0 Å². The fourth-order valence-corrected chi connectivity index (χ4v) is 18.1. The molecule has 0 saturated carbocycles. The van der Waals surface area contributed by atoms with Crippen molar-refractivity contribution in [3.05, 3.63) is 0 Å². The topological polar surface area (TPSA) is 467 Å². The number of likely N-dealkylation sites (tertiary alicyclic amines) is 1. The molecule has 17 atom stereocenters. The van der Waals surface area contributed by atoms with E-state index >= 15 is 0 Å². The summed E-state index contributed by atoms with van der Waals surface area (Å²) in [4.78, 5) is 119. The third kappa shape index (κ3) is 45.7. The molecule has 0 aromatic carbocycles. The van der Waals surface area contributed by atoms with Crippen molar-refractivity contribution in [1.29, 1.82) is 0 Å². The summed E-state index contributed by atoms with van der Waals surface area (Å²) >= 11 is 0. The summed E-state index contributed by atoms with van der Waals surface area (Å²) < 4.78 is 56.5. The molecule has 0 aliphatic carbocycles. The van der Waals surface area contributed by atoms with Gasteiger partial charge in [-0.15, -0.1) is 0 Å². The van der Waals surface area contributed by atoms with E-state index in [2.05, 4.69) is 16.0 Å². The van der Waals surface area contributed by atoms with Crippen molar-refractivity contribution in [1.82, 2.24) is 20.9 Å². The van der Waals surface area contributed by atoms with Gasteiger partial charge in [0.1, 0.15) is 54.0 Å². The summed E-state index contributed by atoms with van der Waals surface area (Å²) in [6.45, 7) is 7.11. The third-order valence-electron chi connectivity index (χ3n) is 23.7. The molecule has 4 rings (SSSR count). The molecule has 15 unspecified atom stereocenters. The van der Waals surface area contributed by atoms with Crippen LogP contribution in [0.15, 0.2) is 0 Å². The second-order valence-corrected chi connectivity index (χ2v) is 36.5. The number of nitrogens with zero attached hydrogens (tertiary/aromatic N) is 1. The van der Waals surface area contributed by atoms with Gasteiger partial charge in [-0.1, -0.05) is 107 Å². The molecule has 0 bridgehead atoms. The Morgan fingerprint density at radius 3 is 1.19 bits per heavy atom. The zero-order chi connectivity index (χ0) is 89.3. The van der Waals surface area contributed by atoms with Crippen LogP contribution in [0.25, 0.3) is 0 Å². The highest BCUT2D eigenvalue weighted by Gasteiger charge is 2.45. The minimum Gasteiger partial charge on any atom is -0.466 e. The molecule has 122 heavy (non-hydrogen) atoms. The van der Waals surface area contributed by atoms with Crippen molar-refractivity contribution in [2.24, 2.45) is 23.2 Å². The highest BCUT2D eigenvalue weighted by Crippen LogP contribution is 2.41. The lowest BCUT2D eigenvalue weighted by molar-refractivity contribution is -0.282. The Bertz CT molecular complexity index is 2650. The van der Waals surface area contributed by atoms with E-state index in [0.29, 0.717) is 180 Å². The van der Waals surface area contributed by atoms with Crippen LogP contribution in [0, 0.1) is 23.2 Å². The molecular weight excluding hydrogens is 1630 g/mol. The third-order valence-corrected chi connectivity index (χ3v) is 26.2. The fraction of sp³-hybridized carbons (Fsp3) is 0.898. The smallest absolute Gasteiger partial charge is 0.305 e. The summed E-state index contributed by atoms with van der Waals surface area (Å²) in [6.07, 6.45) is 11.4. The van der Waals surface area contributed by atoms with Gasteiger partial charge in [-0.3, -0.25) is 43.2 Å². The van der Waals surface area contributed by atoms with Crippen molar-refractivity contribution < 1.29 is 136 Å². The van der Waals surface area contributed by atoms with E-state index in [-0.39, 0.29) is 130 Å². The van der Waals surface area contributed by atoms with E-state index in [1.165, 1.54) is 0 Å². The lowest BCUT2D eigenvalue weighted by Gasteiger charge is -2.40. The summed E-state index contributed by atoms with van der Waals surface area (Å²) in [6, 6.07) is -0.0136. The van der Waals surface area contributed by atoms with Gasteiger partial charge in [0.05, 0.1) is 89.9 Å². The van der Waals surface area contributed by atoms with Crippen molar-refractivity contribution in [2.45, 2.75) is 370 Å². The Balaban J connectivity index is 1.25. The zero-order valence-electron chi connectivity index (χ0n) is 74.0. The van der Waals surface area contributed by atoms with Crippen molar-refractivity contribution >= 4 is 74.5 Å². The number of hydrogen-bond donors (Lipinski definition) is 12. The average Bonchev–Trinajstić information content (AvgIpc) is 1.43. The van der Waals surface area contributed by atoms with Crippen molar-refractivity contribution in [3.63, 3.8) is 0 Å². The number of ketones is 3. The van der Waals surface area contributed by atoms with E-state index in [1.54, 1.807) is 56.6 Å². The number of hydrogen-bond acceptors (Lipinski definition) is 30. The van der Waals surface area contributed by atoms with Gasteiger partial charge in [-0.05, 0) is 127 Å². The van der Waals surface area contributed by atoms with Crippen LogP contribution in [-0.2, 0) is 90.5 Å². The predicted octanol–water partition coefficient (Wildman–Crippen LogP) is 7.64. The van der Waals surface area contributed by atoms with Crippen LogP contribution < -0.4 is 16.0 Å². The predicted molar refractivity (Wildman–Crippen MR) is 459 cm³/mol. The first-order valence-electron chi connectivity index (χ1n) is 45.7. The number of Topliss-reactive ketones (excluding diaryl/α,β-unsaturated/α-hetero) is 3. The molecule has 4 fully saturated rings. The van der Waals surface area contributed by atoms with E-state index in [0.717, 1.165) is 95.6 Å². The Morgan fingerprint density at radius 2 is 0.754 bits per heavy atom. The highest BCUT2D eigenvalue weighted by molar-refractivity contribution is 8.76. The molecule has 0 aromatic heterocycles. The molecule has 708 valence electrons. The van der Waals surface area contributed by atoms with Gasteiger partial charge in [0.15, 0.2) is 18.9 Å². The van der Waals surface area contributed by atoms with Gasteiger partial charge in [-0.25, -0.2) is 0 Å². The first-order valence-corrected chi connectivity index (χ1v) is 48.2. The molecule has 4 aliphatic heterocycles. The first kappa shape index (κ1) is 110. The Hall–Kier alpha value is -4.15. The van der Waals surface area contributed by atoms with Gasteiger partial charge < -0.3 is 114 Å². The number of aliphatic hydroxyl groups is 9. The van der Waals surface area contributed by atoms with Gasteiger partial charge in [0.25, 0.3) is 0 Å². The summed E-state index contributed by atoms with van der Waals surface area (Å²) in [7, 11) is 6.50. The number of rotatable bonds is 73. The number of carbonyl (C=O) groups is 9. The molecule has 34 heteroatoms. The molecule has 4 heterocycles. The Kier molecular flexibility index (Phi) is 59.8. The molecule has 4 saturated heterocycles. The largest absolute Gasteiger partial charge is 0.466 e. The van der Waals surface area contributed by atoms with E-state index in [4.69, 9.17) is 47.4 Å². The second-order valence-electron chi connectivity index (χ2n) is 33.8. The number of amides is 4. The molecule has 12 N–H and O–H groups in total. The number of ether oxygens (including phenoxy) is 10. The molecule has 0 radical (unpaired) electrons. The minimum atomic E-state index is -1.22. The van der Waals surface area contributed by atoms with Crippen LogP contribution in [-0.4, -0.2) is 301 Å². The van der Waals surface area contributed by atoms with Gasteiger partial charge >= 0.3 is 11.9 Å². The lowest BCUT2D eigenvalue weighted by Crippen LogP contribution is -2.55. The first-order chi connectivity index (χ1) is 58.8. The number of nitrogens with one attached hydrogen (secondary N) is 3. The number of methoxy groups -OCH3 is 2. The Labute approximate surface area is 732 Å². The van der Waals surface area contributed by atoms with Crippen LogP contribution in [0.1, 0.15) is 284 Å². The second kappa shape index (κ2) is 66.3. The Morgan fingerprint density at radius 1 is 0.393 bits per heavy atom. The summed E-state index contributed by atoms with van der Waals surface area (Å²) in [5, 5.41) is 98.6. The molecule has 4 amide bonds. The maximum atomic E-state index is 14.3. The summed E-state index contributed by atoms with van der Waals surface area (Å²) in [5.74, 6) is -0.771. The maximum Gasteiger partial charge on any atom is 0.305 e. The molecule has 32 nitrogen and oxygen atoms in total. The highest BCUT2D eigenvalue weighted by atomic mass is 33.1. The maximum absolute atomic E-state index is 14.3. The van der Waals surface area contributed by atoms with Crippen LogP contribution in [0.2, 0.25) is 0 Å². The fourth-order valence-electron chi connectivity index (χ4n) is 16.0. The van der Waals surface area contributed by atoms with Crippen molar-refractivity contribution in [3.8, 4) is 0 Å². The van der Waals surface area contributed by atoms with Gasteiger partial charge in [-0.2, -0.15) is 0 Å². The van der Waals surface area contributed by atoms with Crippen molar-refractivity contribution in [2.75, 3.05) is 111 Å². The van der Waals surface area contributed by atoms with Crippen LogP contribution in [0.4, 0.5) is 0 Å². The number of carbonyl (C=O) groups excluding carboxylic acids is 9. The lowest BCUT2D eigenvalue weighted by atomic mass is 9.71. The standard InChI is InChI=1S/C88H156N4O28S2/c1-62-79(105)82(108)70(58-93)118-85(62)115-48-25-33-66(96)31-15-9-6-12-22-45-89-73(99)35-20-21-42-88(56-68(98)41-54-122-121-53-28-34-67(97)32-18-19-38-76(102)92-57-69(112-5)55-65(92)61-111-4,43-29-51-113-77(103)39-16-10-7-13-23-46-90-74(100)36-26-49-116-86-63(2)80(106)83(109)71(59-94)119-86)44-30-52-114-78(104)40-17-11-8-14-24-47-91-75(101)37-27-50-117-87-64(3)81(107)84(110)72(60-95)120-87/h62-65,69-72,79-87,93-95,105-110H,6-61H2,1-5H3,(H,89,99)(H,90,100)(H,91,101)/t62?,63?,64?,65-,69+,70?,71?,72?,79?,80?,81?,82?,83?,84?,85?,86?,87?,88?/m1/s1. The van der Waals surface area contributed by atoms with Crippen LogP contribution in [0.3, 0.4) is 0 Å². The van der Waals surface area contributed by atoms with E-state index < -0.39 is 117 Å². The monoisotopic (exact) mass is 1780 g/mol. The van der Waals surface area contributed by atoms with E-state index in [9.17, 15) is 89.1 Å². The normalized spacial score (nSPS) is 25.3. The minimum absolute atomic E-state index is 0.0121. The van der Waals surface area contributed by atoms with Gasteiger partial charge in [0.2, 0.25) is 23.6 Å². The zero-order valence-corrected chi connectivity index (χ0v) is 75.6.